The van der Waals surface area contributed by atoms with Gasteiger partial charge in [-0.1, -0.05) is 13.0 Å². The van der Waals surface area contributed by atoms with Gasteiger partial charge in [0, 0.05) is 43.9 Å². The maximum Gasteiger partial charge on any atom is 0.127 e. The Kier molecular flexibility index (Phi) is 6.57. The van der Waals surface area contributed by atoms with E-state index in [0.29, 0.717) is 12.1 Å². The van der Waals surface area contributed by atoms with E-state index in [1.807, 2.05) is 6.07 Å². The Morgan fingerprint density at radius 1 is 1.16 bits per heavy atom. The molecule has 25 heavy (non-hydrogen) atoms. The van der Waals surface area contributed by atoms with Crippen molar-refractivity contribution < 1.29 is 9.47 Å². The van der Waals surface area contributed by atoms with Crippen molar-refractivity contribution in [2.75, 3.05) is 53.5 Å². The first-order valence-electron chi connectivity index (χ1n) is 9.66. The smallest absolute Gasteiger partial charge is 0.127 e. The van der Waals surface area contributed by atoms with E-state index in [1.165, 1.54) is 37.9 Å². The van der Waals surface area contributed by atoms with Crippen LogP contribution in [0.15, 0.2) is 18.2 Å². The van der Waals surface area contributed by atoms with Crippen LogP contribution in [0, 0.1) is 0 Å². The zero-order valence-electron chi connectivity index (χ0n) is 16.0. The first kappa shape index (κ1) is 18.5. The van der Waals surface area contributed by atoms with E-state index < -0.39 is 0 Å². The van der Waals surface area contributed by atoms with E-state index in [1.54, 1.807) is 14.2 Å². The van der Waals surface area contributed by atoms with Crippen molar-refractivity contribution in [3.05, 3.63) is 23.8 Å². The molecule has 0 radical (unpaired) electrons. The number of piperazine rings is 1. The van der Waals surface area contributed by atoms with Crippen LogP contribution in [-0.4, -0.2) is 69.3 Å². The standard InChI is InChI=1S/C20H33N3O2/c1-4-16-14-23(12-9-21-16)19(15-22-10-5-6-11-22)18-8-7-17(24-2)13-20(18)25-3/h7-8,13,16,19,21H,4-6,9-12,14-15H2,1-3H3. The average molecular weight is 348 g/mol. The lowest BCUT2D eigenvalue weighted by atomic mass is 10.0. The second-order valence-electron chi connectivity index (χ2n) is 7.19. The minimum absolute atomic E-state index is 0.370. The number of ether oxygens (including phenoxy) is 2. The maximum absolute atomic E-state index is 5.74. The number of benzene rings is 1. The van der Waals surface area contributed by atoms with E-state index in [4.69, 9.17) is 9.47 Å². The molecular formula is C20H33N3O2. The van der Waals surface area contributed by atoms with Crippen LogP contribution in [0.5, 0.6) is 11.5 Å². The van der Waals surface area contributed by atoms with Crippen LogP contribution in [0.2, 0.25) is 0 Å². The molecule has 0 saturated carbocycles. The predicted molar refractivity (Wildman–Crippen MR) is 102 cm³/mol. The van der Waals surface area contributed by atoms with Crippen LogP contribution < -0.4 is 14.8 Å². The number of rotatable bonds is 7. The number of hydrogen-bond acceptors (Lipinski definition) is 5. The van der Waals surface area contributed by atoms with Gasteiger partial charge in [-0.25, -0.2) is 0 Å². The third-order valence-corrected chi connectivity index (χ3v) is 5.65. The fourth-order valence-electron chi connectivity index (χ4n) is 4.12. The molecule has 5 heteroatoms. The SMILES string of the molecule is CCC1CN(C(CN2CCCC2)c2ccc(OC)cc2OC)CCN1. The highest BCUT2D eigenvalue weighted by Gasteiger charge is 2.30. The van der Waals surface area contributed by atoms with Gasteiger partial charge in [0.2, 0.25) is 0 Å². The molecular weight excluding hydrogens is 314 g/mol. The molecule has 140 valence electrons. The first-order chi connectivity index (χ1) is 12.2. The summed E-state index contributed by atoms with van der Waals surface area (Å²) >= 11 is 0. The van der Waals surface area contributed by atoms with E-state index in [2.05, 4.69) is 34.2 Å². The van der Waals surface area contributed by atoms with Crippen molar-refractivity contribution >= 4 is 0 Å². The van der Waals surface area contributed by atoms with Crippen molar-refractivity contribution in [2.24, 2.45) is 0 Å². The van der Waals surface area contributed by atoms with Crippen LogP contribution in [-0.2, 0) is 0 Å². The highest BCUT2D eigenvalue weighted by molar-refractivity contribution is 5.43. The van der Waals surface area contributed by atoms with Gasteiger partial charge in [-0.05, 0) is 38.4 Å². The molecule has 0 spiro atoms. The Balaban J connectivity index is 1.87. The molecule has 0 amide bonds. The van der Waals surface area contributed by atoms with Crippen molar-refractivity contribution in [3.63, 3.8) is 0 Å². The Morgan fingerprint density at radius 3 is 2.64 bits per heavy atom. The van der Waals surface area contributed by atoms with Crippen LogP contribution in [0.1, 0.15) is 37.8 Å². The summed E-state index contributed by atoms with van der Waals surface area (Å²) in [5.41, 5.74) is 1.28. The molecule has 0 bridgehead atoms. The fraction of sp³-hybridized carbons (Fsp3) is 0.700. The number of nitrogens with zero attached hydrogens (tertiary/aromatic N) is 2. The second kappa shape index (κ2) is 8.88. The molecule has 2 aliphatic heterocycles. The maximum atomic E-state index is 5.74. The first-order valence-corrected chi connectivity index (χ1v) is 9.66. The van der Waals surface area contributed by atoms with Gasteiger partial charge in [0.25, 0.3) is 0 Å². The monoisotopic (exact) mass is 347 g/mol. The summed E-state index contributed by atoms with van der Waals surface area (Å²) in [6.45, 7) is 9.04. The molecule has 1 aromatic carbocycles. The molecule has 2 fully saturated rings. The van der Waals surface area contributed by atoms with Gasteiger partial charge in [0.05, 0.1) is 20.3 Å². The summed E-state index contributed by atoms with van der Waals surface area (Å²) in [5.74, 6) is 1.79. The molecule has 2 aliphatic rings. The van der Waals surface area contributed by atoms with Crippen LogP contribution in [0.3, 0.4) is 0 Å². The fourth-order valence-corrected chi connectivity index (χ4v) is 4.12. The molecule has 0 aromatic heterocycles. The Hall–Kier alpha value is -1.30. The number of methoxy groups -OCH3 is 2. The lowest BCUT2D eigenvalue weighted by Gasteiger charge is -2.40. The molecule has 1 N–H and O–H groups in total. The van der Waals surface area contributed by atoms with Gasteiger partial charge in [-0.15, -0.1) is 0 Å². The average Bonchev–Trinajstić information content (AvgIpc) is 3.19. The van der Waals surface area contributed by atoms with Crippen molar-refractivity contribution in [1.29, 1.82) is 0 Å². The molecule has 0 aliphatic carbocycles. The number of hydrogen-bond donors (Lipinski definition) is 1. The molecule has 3 rings (SSSR count). The van der Waals surface area contributed by atoms with E-state index in [0.717, 1.165) is 37.7 Å². The highest BCUT2D eigenvalue weighted by atomic mass is 16.5. The van der Waals surface area contributed by atoms with E-state index >= 15 is 0 Å². The summed E-state index contributed by atoms with van der Waals surface area (Å²) < 4.78 is 11.1. The summed E-state index contributed by atoms with van der Waals surface area (Å²) in [5, 5.41) is 3.64. The number of nitrogens with one attached hydrogen (secondary N) is 1. The van der Waals surface area contributed by atoms with Gasteiger partial charge in [0.15, 0.2) is 0 Å². The van der Waals surface area contributed by atoms with Gasteiger partial charge in [-0.3, -0.25) is 4.90 Å². The molecule has 1 aromatic rings. The van der Waals surface area contributed by atoms with E-state index in [9.17, 15) is 0 Å². The Morgan fingerprint density at radius 2 is 1.96 bits per heavy atom. The molecule has 2 saturated heterocycles. The van der Waals surface area contributed by atoms with E-state index in [-0.39, 0.29) is 0 Å². The zero-order valence-corrected chi connectivity index (χ0v) is 16.0. The van der Waals surface area contributed by atoms with Crippen LogP contribution >= 0.6 is 0 Å². The molecule has 2 unspecified atom stereocenters. The third kappa shape index (κ3) is 4.46. The summed E-state index contributed by atoms with van der Waals surface area (Å²) in [6.07, 6.45) is 3.82. The number of likely N-dealkylation sites (tertiary alicyclic amines) is 1. The van der Waals surface area contributed by atoms with Crippen molar-refractivity contribution in [1.82, 2.24) is 15.1 Å². The van der Waals surface area contributed by atoms with Crippen LogP contribution in [0.4, 0.5) is 0 Å². The minimum atomic E-state index is 0.370. The summed E-state index contributed by atoms with van der Waals surface area (Å²) in [4.78, 5) is 5.25. The van der Waals surface area contributed by atoms with Gasteiger partial charge in [-0.2, -0.15) is 0 Å². The molecule has 2 atom stereocenters. The lowest BCUT2D eigenvalue weighted by molar-refractivity contribution is 0.111. The lowest BCUT2D eigenvalue weighted by Crippen LogP contribution is -2.53. The van der Waals surface area contributed by atoms with Gasteiger partial charge in [0.1, 0.15) is 11.5 Å². The van der Waals surface area contributed by atoms with Crippen molar-refractivity contribution in [3.8, 4) is 11.5 Å². The Labute approximate surface area is 152 Å². The third-order valence-electron chi connectivity index (χ3n) is 5.65. The van der Waals surface area contributed by atoms with Gasteiger partial charge >= 0.3 is 0 Å². The summed E-state index contributed by atoms with van der Waals surface area (Å²) in [7, 11) is 3.47. The molecule has 2 heterocycles. The second-order valence-corrected chi connectivity index (χ2v) is 7.19. The van der Waals surface area contributed by atoms with Crippen molar-refractivity contribution in [2.45, 2.75) is 38.3 Å². The normalized spacial score (nSPS) is 23.6. The van der Waals surface area contributed by atoms with Gasteiger partial charge < -0.3 is 19.7 Å². The minimum Gasteiger partial charge on any atom is -0.497 e. The Bertz CT molecular complexity index is 546. The molecule has 5 nitrogen and oxygen atoms in total. The topological polar surface area (TPSA) is 37.0 Å². The quantitative estimate of drug-likeness (QED) is 0.820. The predicted octanol–water partition coefficient (Wildman–Crippen LogP) is 2.52. The van der Waals surface area contributed by atoms with Crippen LogP contribution in [0.25, 0.3) is 0 Å². The highest BCUT2D eigenvalue weighted by Crippen LogP contribution is 2.34. The largest absolute Gasteiger partial charge is 0.497 e. The summed E-state index contributed by atoms with van der Waals surface area (Å²) in [6, 6.07) is 7.23. The zero-order chi connectivity index (χ0) is 17.6.